The molecule has 0 bridgehead atoms. The number of aliphatic hydroxyl groups is 1. The summed E-state index contributed by atoms with van der Waals surface area (Å²) in [6.07, 6.45) is -1.52. The molecule has 3 N–H and O–H groups in total. The smallest absolute Gasteiger partial charge is 0.408 e. The molecule has 0 saturated carbocycles. The van der Waals surface area contributed by atoms with E-state index in [1.54, 1.807) is 51.1 Å². The minimum absolute atomic E-state index is 0.0226. The van der Waals surface area contributed by atoms with Gasteiger partial charge in [-0.3, -0.25) is 9.59 Å². The number of nitrogens with zero attached hydrogens (tertiary/aromatic N) is 1. The summed E-state index contributed by atoms with van der Waals surface area (Å²) in [4.78, 5) is 40.8. The fourth-order valence-corrected chi connectivity index (χ4v) is 4.59. The van der Waals surface area contributed by atoms with Crippen molar-refractivity contribution in [3.05, 3.63) is 59.9 Å². The van der Waals surface area contributed by atoms with E-state index in [4.69, 9.17) is 4.74 Å². The van der Waals surface area contributed by atoms with Crippen LogP contribution >= 0.6 is 0 Å². The lowest BCUT2D eigenvalue weighted by atomic mass is 9.85. The second-order valence-corrected chi connectivity index (χ2v) is 12.2. The zero-order valence-corrected chi connectivity index (χ0v) is 23.7. The van der Waals surface area contributed by atoms with E-state index in [0.717, 1.165) is 11.1 Å². The van der Waals surface area contributed by atoms with Crippen LogP contribution < -0.4 is 10.6 Å². The van der Waals surface area contributed by atoms with Crippen LogP contribution in [0.5, 0.6) is 0 Å². The summed E-state index contributed by atoms with van der Waals surface area (Å²) in [6.45, 7) is 12.4. The highest BCUT2D eigenvalue weighted by Gasteiger charge is 2.45. The standard InChI is InChI=1S/C30H40FN3O5/c1-18(19-12-14-20(15-13-19)22-10-8-9-11-23(22)31)32-26(36)24-16-21(35)17-34(24)27(37)25(29(2,3)4)33-28(38)39-30(5,6)7/h8-15,18,21,24-25,35H,16-17H2,1-7H3,(H,32,36)(H,33,38)/t18-,21+,24-,25+/m0/s1. The molecule has 3 amide bonds. The molecule has 1 fully saturated rings. The molecule has 3 rings (SSSR count). The van der Waals surface area contributed by atoms with E-state index in [0.29, 0.717) is 5.56 Å². The average molecular weight is 542 g/mol. The lowest BCUT2D eigenvalue weighted by Crippen LogP contribution is -2.58. The summed E-state index contributed by atoms with van der Waals surface area (Å²) in [7, 11) is 0. The summed E-state index contributed by atoms with van der Waals surface area (Å²) in [5.74, 6) is -1.19. The average Bonchev–Trinajstić information content (AvgIpc) is 3.22. The molecule has 0 radical (unpaired) electrons. The molecule has 4 atom stereocenters. The zero-order valence-electron chi connectivity index (χ0n) is 23.7. The third-order valence-corrected chi connectivity index (χ3v) is 6.59. The highest BCUT2D eigenvalue weighted by Crippen LogP contribution is 2.28. The monoisotopic (exact) mass is 541 g/mol. The fourth-order valence-electron chi connectivity index (χ4n) is 4.59. The topological polar surface area (TPSA) is 108 Å². The van der Waals surface area contributed by atoms with Gasteiger partial charge in [0.15, 0.2) is 0 Å². The Hall–Kier alpha value is -3.46. The minimum atomic E-state index is -0.976. The Kier molecular flexibility index (Phi) is 9.05. The molecule has 0 aliphatic carbocycles. The van der Waals surface area contributed by atoms with Gasteiger partial charge < -0.3 is 25.4 Å². The Balaban J connectivity index is 1.73. The number of alkyl carbamates (subject to hydrolysis) is 1. The van der Waals surface area contributed by atoms with Gasteiger partial charge in [0, 0.05) is 18.5 Å². The largest absolute Gasteiger partial charge is 0.444 e. The van der Waals surface area contributed by atoms with Gasteiger partial charge in [-0.15, -0.1) is 0 Å². The number of amides is 3. The van der Waals surface area contributed by atoms with E-state index in [-0.39, 0.29) is 18.8 Å². The van der Waals surface area contributed by atoms with Gasteiger partial charge in [-0.05, 0) is 50.3 Å². The molecule has 1 heterocycles. The number of halogens is 1. The van der Waals surface area contributed by atoms with Gasteiger partial charge in [-0.2, -0.15) is 0 Å². The number of benzene rings is 2. The van der Waals surface area contributed by atoms with Gasteiger partial charge in [0.25, 0.3) is 0 Å². The Labute approximate surface area is 229 Å². The molecule has 2 aromatic carbocycles. The summed E-state index contributed by atoms with van der Waals surface area (Å²) < 4.78 is 19.5. The highest BCUT2D eigenvalue weighted by atomic mass is 19.1. The second-order valence-electron chi connectivity index (χ2n) is 12.2. The van der Waals surface area contributed by atoms with Crippen LogP contribution in [-0.2, 0) is 14.3 Å². The number of nitrogens with one attached hydrogen (secondary N) is 2. The van der Waals surface area contributed by atoms with Crippen molar-refractivity contribution in [1.29, 1.82) is 0 Å². The third-order valence-electron chi connectivity index (χ3n) is 6.59. The van der Waals surface area contributed by atoms with Crippen LogP contribution in [0.3, 0.4) is 0 Å². The number of rotatable bonds is 6. The number of hydrogen-bond acceptors (Lipinski definition) is 5. The lowest BCUT2D eigenvalue weighted by molar-refractivity contribution is -0.142. The number of hydrogen-bond donors (Lipinski definition) is 3. The van der Waals surface area contributed by atoms with Crippen molar-refractivity contribution < 1.29 is 28.6 Å². The molecule has 2 aromatic rings. The highest BCUT2D eigenvalue weighted by molar-refractivity contribution is 5.92. The third kappa shape index (κ3) is 7.79. The molecule has 0 unspecified atom stereocenters. The molecule has 1 saturated heterocycles. The molecule has 8 nitrogen and oxygen atoms in total. The summed E-state index contributed by atoms with van der Waals surface area (Å²) >= 11 is 0. The number of β-amino-alcohol motifs (C(OH)–C–C–N with tert-alkyl or cyclic N) is 1. The van der Waals surface area contributed by atoms with Gasteiger partial charge >= 0.3 is 6.09 Å². The molecule has 1 aliphatic heterocycles. The van der Waals surface area contributed by atoms with Crippen LogP contribution in [0, 0.1) is 11.2 Å². The first-order chi connectivity index (χ1) is 18.1. The van der Waals surface area contributed by atoms with Crippen LogP contribution in [0.4, 0.5) is 9.18 Å². The van der Waals surface area contributed by atoms with Crippen molar-refractivity contribution in [1.82, 2.24) is 15.5 Å². The molecular weight excluding hydrogens is 501 g/mol. The number of likely N-dealkylation sites (tertiary alicyclic amines) is 1. The predicted molar refractivity (Wildman–Crippen MR) is 147 cm³/mol. The number of carbonyl (C=O) groups excluding carboxylic acids is 3. The second kappa shape index (κ2) is 11.7. The van der Waals surface area contributed by atoms with Crippen molar-refractivity contribution in [2.45, 2.75) is 84.7 Å². The fraction of sp³-hybridized carbons (Fsp3) is 0.500. The van der Waals surface area contributed by atoms with Gasteiger partial charge in [0.05, 0.1) is 12.1 Å². The van der Waals surface area contributed by atoms with Crippen LogP contribution in [0.1, 0.15) is 66.5 Å². The van der Waals surface area contributed by atoms with Crippen LogP contribution in [0.25, 0.3) is 11.1 Å². The van der Waals surface area contributed by atoms with Crippen molar-refractivity contribution in [3.63, 3.8) is 0 Å². The molecule has 0 spiro atoms. The first-order valence-electron chi connectivity index (χ1n) is 13.2. The van der Waals surface area contributed by atoms with Gasteiger partial charge in [0.1, 0.15) is 23.5 Å². The van der Waals surface area contributed by atoms with Gasteiger partial charge in [-0.1, -0.05) is 63.2 Å². The minimum Gasteiger partial charge on any atom is -0.444 e. The van der Waals surface area contributed by atoms with Crippen molar-refractivity contribution >= 4 is 17.9 Å². The maximum absolute atomic E-state index is 14.1. The SMILES string of the molecule is C[C@H](NC(=O)[C@@H]1C[C@@H](O)CN1C(=O)[C@@H](NC(=O)OC(C)(C)C)C(C)(C)C)c1ccc(-c2ccccc2F)cc1. The molecular formula is C30H40FN3O5. The molecule has 0 aromatic heterocycles. The van der Waals surface area contributed by atoms with Gasteiger partial charge in [0.2, 0.25) is 11.8 Å². The normalized spacial score (nSPS) is 19.3. The zero-order chi connectivity index (χ0) is 29.1. The van der Waals surface area contributed by atoms with Crippen LogP contribution in [0.2, 0.25) is 0 Å². The molecule has 1 aliphatic rings. The van der Waals surface area contributed by atoms with E-state index < -0.39 is 53.2 Å². The van der Waals surface area contributed by atoms with E-state index >= 15 is 0 Å². The maximum atomic E-state index is 14.1. The number of carbonyl (C=O) groups is 3. The van der Waals surface area contributed by atoms with E-state index in [1.165, 1.54) is 11.0 Å². The number of ether oxygens (including phenoxy) is 1. The van der Waals surface area contributed by atoms with E-state index in [2.05, 4.69) is 10.6 Å². The lowest BCUT2D eigenvalue weighted by Gasteiger charge is -2.35. The molecule has 212 valence electrons. The van der Waals surface area contributed by atoms with E-state index in [9.17, 15) is 23.9 Å². The number of aliphatic hydroxyl groups excluding tert-OH is 1. The quantitative estimate of drug-likeness (QED) is 0.497. The Bertz CT molecular complexity index is 1190. The molecule has 9 heteroatoms. The van der Waals surface area contributed by atoms with Crippen molar-refractivity contribution in [2.24, 2.45) is 5.41 Å². The summed E-state index contributed by atoms with van der Waals surface area (Å²) in [5.41, 5.74) is 0.584. The predicted octanol–water partition coefficient (Wildman–Crippen LogP) is 4.57. The Morgan fingerprint density at radius 3 is 2.18 bits per heavy atom. The first-order valence-corrected chi connectivity index (χ1v) is 13.2. The Morgan fingerprint density at radius 2 is 1.62 bits per heavy atom. The van der Waals surface area contributed by atoms with Crippen LogP contribution in [0.15, 0.2) is 48.5 Å². The van der Waals surface area contributed by atoms with Crippen molar-refractivity contribution in [2.75, 3.05) is 6.54 Å². The van der Waals surface area contributed by atoms with Crippen molar-refractivity contribution in [3.8, 4) is 11.1 Å². The van der Waals surface area contributed by atoms with E-state index in [1.807, 2.05) is 39.8 Å². The Morgan fingerprint density at radius 1 is 1.00 bits per heavy atom. The first kappa shape index (κ1) is 30.1. The maximum Gasteiger partial charge on any atom is 0.408 e. The summed E-state index contributed by atoms with van der Waals surface area (Å²) in [6, 6.07) is 11.5. The van der Waals surface area contributed by atoms with Gasteiger partial charge in [-0.25, -0.2) is 9.18 Å². The van der Waals surface area contributed by atoms with Crippen LogP contribution in [-0.4, -0.2) is 58.2 Å². The summed E-state index contributed by atoms with van der Waals surface area (Å²) in [5, 5.41) is 16.0. The molecule has 39 heavy (non-hydrogen) atoms.